The van der Waals surface area contributed by atoms with Gasteiger partial charge in [0.2, 0.25) is 0 Å². The van der Waals surface area contributed by atoms with E-state index in [1.54, 1.807) is 19.1 Å². The fraction of sp³-hybridized carbons (Fsp3) is 0.0455. The predicted molar refractivity (Wildman–Crippen MR) is 114 cm³/mol. The smallest absolute Gasteiger partial charge is 0.323 e. The maximum Gasteiger partial charge on any atom is 0.323 e. The van der Waals surface area contributed by atoms with E-state index in [0.29, 0.717) is 17.1 Å². The van der Waals surface area contributed by atoms with E-state index in [-0.39, 0.29) is 11.3 Å². The number of aromatic amines is 1. The molecule has 4 aromatic rings. The summed E-state index contributed by atoms with van der Waals surface area (Å²) in [6.07, 6.45) is 0. The van der Waals surface area contributed by atoms with Gasteiger partial charge in [-0.15, -0.1) is 0 Å². The maximum absolute atomic E-state index is 14.1. The zero-order chi connectivity index (χ0) is 21.3. The SMILES string of the molecule is Cc1ccc(F)c(NC(=O)Nc2ccc(-c3cccc4[nH]nc(N)c34)cc2)c1C#N. The van der Waals surface area contributed by atoms with Gasteiger partial charge in [0, 0.05) is 5.69 Å². The first-order valence-corrected chi connectivity index (χ1v) is 9.08. The number of hydrogen-bond donors (Lipinski definition) is 4. The Labute approximate surface area is 171 Å². The first kappa shape index (κ1) is 19.0. The van der Waals surface area contributed by atoms with Gasteiger partial charge in [0.05, 0.1) is 22.2 Å². The molecule has 0 aliphatic carbocycles. The Morgan fingerprint density at radius 2 is 1.90 bits per heavy atom. The van der Waals surface area contributed by atoms with Crippen LogP contribution in [0.15, 0.2) is 54.6 Å². The number of nitriles is 1. The summed E-state index contributed by atoms with van der Waals surface area (Å²) >= 11 is 0. The van der Waals surface area contributed by atoms with E-state index in [1.807, 2.05) is 36.4 Å². The fourth-order valence-electron chi connectivity index (χ4n) is 3.30. The number of carbonyl (C=O) groups is 1. The highest BCUT2D eigenvalue weighted by atomic mass is 19.1. The minimum atomic E-state index is -0.673. The zero-order valence-electron chi connectivity index (χ0n) is 16.0. The summed E-state index contributed by atoms with van der Waals surface area (Å²) in [6, 6.07) is 16.8. The normalized spacial score (nSPS) is 10.6. The number of carbonyl (C=O) groups excluding carboxylic acids is 1. The third-order valence-electron chi connectivity index (χ3n) is 4.78. The molecule has 148 valence electrons. The first-order chi connectivity index (χ1) is 14.5. The molecule has 0 aliphatic rings. The quantitative estimate of drug-likeness (QED) is 0.396. The lowest BCUT2D eigenvalue weighted by atomic mass is 10.0. The molecule has 0 spiro atoms. The number of aryl methyl sites for hydroxylation is 1. The number of rotatable bonds is 3. The van der Waals surface area contributed by atoms with Crippen molar-refractivity contribution in [2.45, 2.75) is 6.92 Å². The van der Waals surface area contributed by atoms with Crippen molar-refractivity contribution in [2.75, 3.05) is 16.4 Å². The van der Waals surface area contributed by atoms with Crippen LogP contribution in [-0.2, 0) is 0 Å². The molecular weight excluding hydrogens is 383 g/mol. The molecule has 0 unspecified atom stereocenters. The van der Waals surface area contributed by atoms with E-state index in [9.17, 15) is 14.4 Å². The number of nitrogens with zero attached hydrogens (tertiary/aromatic N) is 2. The largest absolute Gasteiger partial charge is 0.382 e. The van der Waals surface area contributed by atoms with Gasteiger partial charge in [0.15, 0.2) is 5.82 Å². The number of urea groups is 1. The maximum atomic E-state index is 14.1. The van der Waals surface area contributed by atoms with Crippen LogP contribution in [0, 0.1) is 24.1 Å². The topological polar surface area (TPSA) is 120 Å². The van der Waals surface area contributed by atoms with Crippen LogP contribution in [0.1, 0.15) is 11.1 Å². The number of benzene rings is 3. The molecular formula is C22H17FN6O. The van der Waals surface area contributed by atoms with Crippen LogP contribution in [0.4, 0.5) is 26.4 Å². The molecule has 7 nitrogen and oxygen atoms in total. The number of nitrogens with one attached hydrogen (secondary N) is 3. The van der Waals surface area contributed by atoms with Crippen molar-refractivity contribution in [3.8, 4) is 17.2 Å². The number of nitrogen functional groups attached to an aromatic ring is 1. The molecule has 1 aromatic heterocycles. The molecule has 8 heteroatoms. The van der Waals surface area contributed by atoms with Crippen molar-refractivity contribution in [1.82, 2.24) is 10.2 Å². The lowest BCUT2D eigenvalue weighted by Gasteiger charge is -2.12. The number of nitrogens with two attached hydrogens (primary N) is 1. The summed E-state index contributed by atoms with van der Waals surface area (Å²) in [5, 5.41) is 22.0. The van der Waals surface area contributed by atoms with Crippen LogP contribution in [-0.4, -0.2) is 16.2 Å². The Morgan fingerprint density at radius 3 is 2.63 bits per heavy atom. The minimum Gasteiger partial charge on any atom is -0.382 e. The molecule has 4 rings (SSSR count). The van der Waals surface area contributed by atoms with Crippen LogP contribution in [0.3, 0.4) is 0 Å². The molecule has 0 atom stereocenters. The monoisotopic (exact) mass is 400 g/mol. The van der Waals surface area contributed by atoms with Crippen LogP contribution in [0.5, 0.6) is 0 Å². The van der Waals surface area contributed by atoms with E-state index >= 15 is 0 Å². The summed E-state index contributed by atoms with van der Waals surface area (Å²) in [7, 11) is 0. The Balaban J connectivity index is 1.55. The average molecular weight is 400 g/mol. The van der Waals surface area contributed by atoms with Crippen LogP contribution in [0.25, 0.3) is 22.0 Å². The second-order valence-corrected chi connectivity index (χ2v) is 6.72. The highest BCUT2D eigenvalue weighted by Crippen LogP contribution is 2.32. The van der Waals surface area contributed by atoms with Gasteiger partial charge in [0.25, 0.3) is 0 Å². The Bertz CT molecular complexity index is 1300. The van der Waals surface area contributed by atoms with Crippen molar-refractivity contribution in [3.05, 3.63) is 71.5 Å². The van der Waals surface area contributed by atoms with Crippen molar-refractivity contribution in [1.29, 1.82) is 5.26 Å². The number of halogens is 1. The van der Waals surface area contributed by atoms with Gasteiger partial charge in [-0.2, -0.15) is 10.4 Å². The van der Waals surface area contributed by atoms with E-state index in [2.05, 4.69) is 20.8 Å². The standard InChI is InChI=1S/C22H17FN6O/c1-12-5-10-17(23)20(16(12)11-24)27-22(30)26-14-8-6-13(7-9-14)15-3-2-4-18-19(15)21(25)29-28-18/h2-10H,1H3,(H3,25,28,29)(H2,26,27,30). The molecule has 0 radical (unpaired) electrons. The third kappa shape index (κ3) is 3.40. The van der Waals surface area contributed by atoms with Gasteiger partial charge >= 0.3 is 6.03 Å². The van der Waals surface area contributed by atoms with Gasteiger partial charge in [-0.25, -0.2) is 9.18 Å². The van der Waals surface area contributed by atoms with Crippen molar-refractivity contribution >= 4 is 34.1 Å². The summed E-state index contributed by atoms with van der Waals surface area (Å²) in [5.41, 5.74) is 9.64. The van der Waals surface area contributed by atoms with E-state index in [1.165, 1.54) is 12.1 Å². The first-order valence-electron chi connectivity index (χ1n) is 9.08. The minimum absolute atomic E-state index is 0.0892. The fourth-order valence-corrected chi connectivity index (χ4v) is 3.30. The number of aromatic nitrogens is 2. The Kier molecular flexibility index (Phi) is 4.78. The highest BCUT2D eigenvalue weighted by molar-refractivity contribution is 6.03. The summed E-state index contributed by atoms with van der Waals surface area (Å²) in [4.78, 5) is 12.3. The number of amides is 2. The predicted octanol–water partition coefficient (Wildman–Crippen LogP) is 4.78. The van der Waals surface area contributed by atoms with E-state index in [4.69, 9.17) is 5.73 Å². The molecule has 0 fully saturated rings. The second kappa shape index (κ2) is 7.56. The summed E-state index contributed by atoms with van der Waals surface area (Å²) < 4.78 is 14.1. The van der Waals surface area contributed by atoms with Crippen LogP contribution in [0.2, 0.25) is 0 Å². The van der Waals surface area contributed by atoms with Crippen molar-refractivity contribution in [2.24, 2.45) is 0 Å². The molecule has 2 amide bonds. The van der Waals surface area contributed by atoms with Crippen molar-refractivity contribution < 1.29 is 9.18 Å². The van der Waals surface area contributed by atoms with Gasteiger partial charge in [-0.05, 0) is 47.9 Å². The van der Waals surface area contributed by atoms with Gasteiger partial charge in [0.1, 0.15) is 11.9 Å². The number of fused-ring (bicyclic) bond motifs is 1. The third-order valence-corrected chi connectivity index (χ3v) is 4.78. The van der Waals surface area contributed by atoms with E-state index in [0.717, 1.165) is 22.0 Å². The molecule has 0 saturated carbocycles. The van der Waals surface area contributed by atoms with Crippen LogP contribution < -0.4 is 16.4 Å². The summed E-state index contributed by atoms with van der Waals surface area (Å²) in [6.45, 7) is 1.67. The second-order valence-electron chi connectivity index (χ2n) is 6.72. The molecule has 3 aromatic carbocycles. The molecule has 1 heterocycles. The van der Waals surface area contributed by atoms with Crippen molar-refractivity contribution in [3.63, 3.8) is 0 Å². The van der Waals surface area contributed by atoms with Gasteiger partial charge in [-0.1, -0.05) is 30.3 Å². The molecule has 0 aliphatic heterocycles. The van der Waals surface area contributed by atoms with Gasteiger partial charge in [-0.3, -0.25) is 5.10 Å². The molecule has 30 heavy (non-hydrogen) atoms. The lowest BCUT2D eigenvalue weighted by Crippen LogP contribution is -2.21. The number of anilines is 3. The Hall–Kier alpha value is -4.38. The lowest BCUT2D eigenvalue weighted by molar-refractivity contribution is 0.262. The molecule has 0 bridgehead atoms. The van der Waals surface area contributed by atoms with E-state index < -0.39 is 11.8 Å². The zero-order valence-corrected chi connectivity index (χ0v) is 16.0. The molecule has 5 N–H and O–H groups in total. The van der Waals surface area contributed by atoms with Crippen LogP contribution >= 0.6 is 0 Å². The Morgan fingerprint density at radius 1 is 1.13 bits per heavy atom. The number of H-pyrrole nitrogens is 1. The summed E-state index contributed by atoms with van der Waals surface area (Å²) in [5.74, 6) is -0.260. The number of hydrogen-bond acceptors (Lipinski definition) is 4. The molecule has 0 saturated heterocycles. The van der Waals surface area contributed by atoms with Gasteiger partial charge < -0.3 is 16.4 Å². The highest BCUT2D eigenvalue weighted by Gasteiger charge is 2.15. The average Bonchev–Trinajstić information content (AvgIpc) is 3.13.